The third-order valence-electron chi connectivity index (χ3n) is 2.79. The molecule has 1 aromatic carbocycles. The molecule has 0 amide bonds. The molecule has 0 bridgehead atoms. The van der Waals surface area contributed by atoms with E-state index in [1.807, 2.05) is 35.2 Å². The molecule has 0 atom stereocenters. The van der Waals surface area contributed by atoms with Gasteiger partial charge in [0.05, 0.1) is 5.56 Å². The summed E-state index contributed by atoms with van der Waals surface area (Å²) in [6, 6.07) is 12.5. The Kier molecular flexibility index (Phi) is 3.20. The Bertz CT molecular complexity index is 567. The summed E-state index contributed by atoms with van der Waals surface area (Å²) in [5.74, 6) is 0. The number of nitrogens with zero attached hydrogens (tertiary/aromatic N) is 1. The summed E-state index contributed by atoms with van der Waals surface area (Å²) in [5, 5.41) is 0. The maximum atomic E-state index is 3.86. The number of rotatable bonds is 3. The highest BCUT2D eigenvalue weighted by atomic mass is 14.9. The van der Waals surface area contributed by atoms with E-state index in [1.165, 1.54) is 11.1 Å². The summed E-state index contributed by atoms with van der Waals surface area (Å²) in [6.07, 6.45) is 5.72. The maximum Gasteiger partial charge on any atom is 0.218 e. The van der Waals surface area contributed by atoms with E-state index in [0.717, 1.165) is 11.3 Å². The second kappa shape index (κ2) is 4.79. The van der Waals surface area contributed by atoms with Crippen molar-refractivity contribution >= 4 is 12.3 Å². The standard InChI is InChI=1S/C16H16N/c1-4-14-8-6-7-9-15(14)16-12-13(3)10-11-17(16)5-2/h4-12H,1-2H2,3H3/q+1. The average molecular weight is 222 g/mol. The number of benzene rings is 1. The molecule has 0 aliphatic heterocycles. The van der Waals surface area contributed by atoms with Gasteiger partial charge in [0.1, 0.15) is 0 Å². The third-order valence-corrected chi connectivity index (χ3v) is 2.79. The van der Waals surface area contributed by atoms with Crippen LogP contribution in [0.3, 0.4) is 0 Å². The first-order chi connectivity index (χ1) is 8.26. The predicted octanol–water partition coefficient (Wildman–Crippen LogP) is 3.69. The number of hydrogen-bond acceptors (Lipinski definition) is 0. The Hall–Kier alpha value is -2.15. The van der Waals surface area contributed by atoms with Crippen molar-refractivity contribution in [3.8, 4) is 11.3 Å². The zero-order valence-corrected chi connectivity index (χ0v) is 10.1. The molecule has 2 aromatic rings. The fourth-order valence-corrected chi connectivity index (χ4v) is 1.90. The lowest BCUT2D eigenvalue weighted by molar-refractivity contribution is -0.555. The fraction of sp³-hybridized carbons (Fsp3) is 0.0625. The van der Waals surface area contributed by atoms with Gasteiger partial charge >= 0.3 is 0 Å². The van der Waals surface area contributed by atoms with Crippen LogP contribution in [-0.2, 0) is 0 Å². The first kappa shape index (κ1) is 11.3. The van der Waals surface area contributed by atoms with Gasteiger partial charge in [-0.05, 0) is 30.7 Å². The highest BCUT2D eigenvalue weighted by molar-refractivity contribution is 5.71. The molecular weight excluding hydrogens is 206 g/mol. The first-order valence-corrected chi connectivity index (χ1v) is 5.62. The van der Waals surface area contributed by atoms with E-state index in [2.05, 4.69) is 44.3 Å². The van der Waals surface area contributed by atoms with Crippen molar-refractivity contribution < 1.29 is 4.57 Å². The van der Waals surface area contributed by atoms with Crippen molar-refractivity contribution in [2.24, 2.45) is 0 Å². The molecule has 1 aromatic heterocycles. The molecule has 0 saturated heterocycles. The van der Waals surface area contributed by atoms with E-state index in [9.17, 15) is 0 Å². The molecule has 17 heavy (non-hydrogen) atoms. The maximum absolute atomic E-state index is 3.86. The zero-order valence-electron chi connectivity index (χ0n) is 10.1. The normalized spacial score (nSPS) is 9.94. The van der Waals surface area contributed by atoms with E-state index in [0.29, 0.717) is 0 Å². The van der Waals surface area contributed by atoms with Gasteiger partial charge in [0, 0.05) is 12.1 Å². The lowest BCUT2D eigenvalue weighted by Gasteiger charge is -2.04. The number of aromatic nitrogens is 1. The molecule has 0 N–H and O–H groups in total. The molecule has 84 valence electrons. The van der Waals surface area contributed by atoms with Crippen molar-refractivity contribution in [2.45, 2.75) is 6.92 Å². The minimum Gasteiger partial charge on any atom is -0.167 e. The molecule has 0 unspecified atom stereocenters. The highest BCUT2D eigenvalue weighted by Gasteiger charge is 2.13. The smallest absolute Gasteiger partial charge is 0.167 e. The van der Waals surface area contributed by atoms with E-state index in [-0.39, 0.29) is 0 Å². The summed E-state index contributed by atoms with van der Waals surface area (Å²) in [5.41, 5.74) is 4.67. The Labute approximate surface area is 102 Å². The lowest BCUT2D eigenvalue weighted by atomic mass is 10.0. The van der Waals surface area contributed by atoms with E-state index < -0.39 is 0 Å². The van der Waals surface area contributed by atoms with Crippen molar-refractivity contribution in [1.82, 2.24) is 0 Å². The molecule has 0 radical (unpaired) electrons. The minimum atomic E-state index is 1.13. The Morgan fingerprint density at radius 1 is 1.12 bits per heavy atom. The van der Waals surface area contributed by atoms with Gasteiger partial charge in [0.15, 0.2) is 12.4 Å². The van der Waals surface area contributed by atoms with Gasteiger partial charge in [-0.25, -0.2) is 0 Å². The molecule has 1 heterocycles. The quantitative estimate of drug-likeness (QED) is 0.697. The van der Waals surface area contributed by atoms with Gasteiger partial charge in [-0.2, -0.15) is 4.57 Å². The van der Waals surface area contributed by atoms with Crippen LogP contribution < -0.4 is 4.57 Å². The Morgan fingerprint density at radius 2 is 1.88 bits per heavy atom. The molecule has 0 aliphatic carbocycles. The number of hydrogen-bond donors (Lipinski definition) is 0. The lowest BCUT2D eigenvalue weighted by Crippen LogP contribution is -2.28. The molecule has 0 spiro atoms. The second-order valence-corrected chi connectivity index (χ2v) is 3.97. The van der Waals surface area contributed by atoms with Crippen molar-refractivity contribution in [3.05, 3.63) is 66.9 Å². The number of pyridine rings is 1. The van der Waals surface area contributed by atoms with Crippen LogP contribution in [0.4, 0.5) is 0 Å². The van der Waals surface area contributed by atoms with E-state index in [4.69, 9.17) is 0 Å². The summed E-state index contributed by atoms with van der Waals surface area (Å²) in [6.45, 7) is 9.79. The minimum absolute atomic E-state index is 1.13. The van der Waals surface area contributed by atoms with Crippen LogP contribution in [0.2, 0.25) is 0 Å². The van der Waals surface area contributed by atoms with Gasteiger partial charge in [0.2, 0.25) is 5.69 Å². The van der Waals surface area contributed by atoms with Crippen LogP contribution in [0.15, 0.2) is 55.8 Å². The zero-order chi connectivity index (χ0) is 12.3. The summed E-state index contributed by atoms with van der Waals surface area (Å²) >= 11 is 0. The van der Waals surface area contributed by atoms with Gasteiger partial charge < -0.3 is 0 Å². The molecule has 0 fully saturated rings. The summed E-state index contributed by atoms with van der Waals surface area (Å²) in [4.78, 5) is 0. The monoisotopic (exact) mass is 222 g/mol. The first-order valence-electron chi connectivity index (χ1n) is 5.62. The largest absolute Gasteiger partial charge is 0.218 e. The Morgan fingerprint density at radius 3 is 2.59 bits per heavy atom. The van der Waals surface area contributed by atoms with Crippen LogP contribution in [0.1, 0.15) is 11.1 Å². The topological polar surface area (TPSA) is 3.88 Å². The second-order valence-electron chi connectivity index (χ2n) is 3.97. The van der Waals surface area contributed by atoms with E-state index in [1.54, 1.807) is 0 Å². The van der Waals surface area contributed by atoms with Crippen LogP contribution in [0, 0.1) is 6.92 Å². The Balaban J connectivity index is 2.70. The third kappa shape index (κ3) is 2.18. The van der Waals surface area contributed by atoms with Gasteiger partial charge in [-0.15, -0.1) is 0 Å². The molecule has 2 rings (SSSR count). The van der Waals surface area contributed by atoms with Gasteiger partial charge in [-0.1, -0.05) is 30.9 Å². The van der Waals surface area contributed by atoms with Crippen molar-refractivity contribution in [1.29, 1.82) is 0 Å². The van der Waals surface area contributed by atoms with Crippen LogP contribution in [0.25, 0.3) is 23.5 Å². The highest BCUT2D eigenvalue weighted by Crippen LogP contribution is 2.22. The van der Waals surface area contributed by atoms with Crippen LogP contribution >= 0.6 is 0 Å². The predicted molar refractivity (Wildman–Crippen MR) is 73.3 cm³/mol. The van der Waals surface area contributed by atoms with Crippen LogP contribution in [-0.4, -0.2) is 0 Å². The van der Waals surface area contributed by atoms with Crippen molar-refractivity contribution in [3.63, 3.8) is 0 Å². The van der Waals surface area contributed by atoms with Crippen LogP contribution in [0.5, 0.6) is 0 Å². The molecule has 1 heteroatoms. The number of aryl methyl sites for hydroxylation is 1. The SMILES string of the molecule is C=Cc1ccccc1-c1cc(C)cc[n+]1C=C. The fourth-order valence-electron chi connectivity index (χ4n) is 1.90. The molecule has 1 nitrogen and oxygen atoms in total. The summed E-state index contributed by atoms with van der Waals surface area (Å²) < 4.78 is 2.02. The molecular formula is C16H16N+. The summed E-state index contributed by atoms with van der Waals surface area (Å²) in [7, 11) is 0. The average Bonchev–Trinajstić information content (AvgIpc) is 2.38. The molecule has 0 saturated carbocycles. The van der Waals surface area contributed by atoms with E-state index >= 15 is 0 Å². The van der Waals surface area contributed by atoms with Gasteiger partial charge in [0.25, 0.3) is 0 Å². The molecule has 0 aliphatic rings. The van der Waals surface area contributed by atoms with Gasteiger partial charge in [-0.3, -0.25) is 0 Å². The van der Waals surface area contributed by atoms with Crippen molar-refractivity contribution in [2.75, 3.05) is 0 Å².